The average molecular weight is 411 g/mol. The molecule has 150 valence electrons. The Morgan fingerprint density at radius 3 is 2.17 bits per heavy atom. The number of nitrogens with zero attached hydrogens (tertiary/aromatic N) is 2. The van der Waals surface area contributed by atoms with Crippen molar-refractivity contribution < 1.29 is 27.9 Å². The lowest BCUT2D eigenvalue weighted by molar-refractivity contribution is -0.137. The van der Waals surface area contributed by atoms with Gasteiger partial charge >= 0.3 is 12.1 Å². The van der Waals surface area contributed by atoms with Crippen LogP contribution < -0.4 is 5.32 Å². The van der Waals surface area contributed by atoms with E-state index in [2.05, 4.69) is 27.1 Å². The minimum absolute atomic E-state index is 0.214. The van der Waals surface area contributed by atoms with Crippen molar-refractivity contribution in [3.05, 3.63) is 89.0 Å². The molecule has 1 amide bonds. The molecule has 6 nitrogen and oxygen atoms in total. The summed E-state index contributed by atoms with van der Waals surface area (Å²) in [5, 5.41) is 11.6. The topological polar surface area (TPSA) is 92.2 Å². The van der Waals surface area contributed by atoms with Gasteiger partial charge in [-0.1, -0.05) is 17.9 Å². The van der Waals surface area contributed by atoms with Crippen molar-refractivity contribution in [2.75, 3.05) is 5.32 Å². The Labute approximate surface area is 168 Å². The number of aromatic nitrogens is 2. The molecule has 0 bridgehead atoms. The van der Waals surface area contributed by atoms with Gasteiger partial charge in [-0.15, -0.1) is 0 Å². The highest BCUT2D eigenvalue weighted by Gasteiger charge is 2.30. The van der Waals surface area contributed by atoms with Crippen molar-refractivity contribution in [1.82, 2.24) is 9.97 Å². The molecule has 3 rings (SSSR count). The lowest BCUT2D eigenvalue weighted by Crippen LogP contribution is -2.19. The second-order valence-corrected chi connectivity index (χ2v) is 5.92. The number of amides is 1. The molecule has 1 aromatic heterocycles. The molecule has 0 aliphatic carbocycles. The van der Waals surface area contributed by atoms with Gasteiger partial charge in [-0.3, -0.25) is 4.79 Å². The maximum Gasteiger partial charge on any atom is 0.416 e. The zero-order valence-electron chi connectivity index (χ0n) is 15.1. The van der Waals surface area contributed by atoms with Crippen LogP contribution in [-0.2, 0) is 6.18 Å². The standard InChI is InChI=1S/C21H12F3N3O3/c22-21(23,24)15-3-1-2-14(12-15)5-4-13-6-8-16(9-7-13)27-19(28)17-18(20(29)30)26-11-10-25-17/h1-3,6-12H,(H,27,28)(H,29,30). The van der Waals surface area contributed by atoms with Gasteiger partial charge in [-0.25, -0.2) is 14.8 Å². The zero-order valence-corrected chi connectivity index (χ0v) is 15.1. The van der Waals surface area contributed by atoms with E-state index in [-0.39, 0.29) is 11.3 Å². The van der Waals surface area contributed by atoms with Crippen LogP contribution >= 0.6 is 0 Å². The fourth-order valence-electron chi connectivity index (χ4n) is 2.41. The van der Waals surface area contributed by atoms with E-state index in [0.717, 1.165) is 18.3 Å². The summed E-state index contributed by atoms with van der Waals surface area (Å²) in [5.74, 6) is 3.28. The SMILES string of the molecule is O=C(O)c1nccnc1C(=O)Nc1ccc(C#Cc2cccc(C(F)(F)F)c2)cc1. The minimum Gasteiger partial charge on any atom is -0.476 e. The van der Waals surface area contributed by atoms with Crippen LogP contribution in [0.3, 0.4) is 0 Å². The number of carboxylic acids is 1. The van der Waals surface area contributed by atoms with E-state index >= 15 is 0 Å². The smallest absolute Gasteiger partial charge is 0.416 e. The van der Waals surface area contributed by atoms with Crippen LogP contribution in [0.4, 0.5) is 18.9 Å². The summed E-state index contributed by atoms with van der Waals surface area (Å²) in [6.45, 7) is 0. The van der Waals surface area contributed by atoms with Crippen molar-refractivity contribution in [2.45, 2.75) is 6.18 Å². The first-order valence-corrected chi connectivity index (χ1v) is 8.39. The van der Waals surface area contributed by atoms with E-state index in [0.29, 0.717) is 11.3 Å². The normalized spacial score (nSPS) is 10.6. The van der Waals surface area contributed by atoms with E-state index in [1.54, 1.807) is 12.1 Å². The van der Waals surface area contributed by atoms with Crippen LogP contribution in [0, 0.1) is 11.8 Å². The first-order valence-electron chi connectivity index (χ1n) is 8.39. The summed E-state index contributed by atoms with van der Waals surface area (Å²) >= 11 is 0. The molecule has 0 fully saturated rings. The Morgan fingerprint density at radius 1 is 0.900 bits per heavy atom. The highest BCUT2D eigenvalue weighted by molar-refractivity contribution is 6.08. The number of aromatic carboxylic acids is 1. The van der Waals surface area contributed by atoms with Gasteiger partial charge in [0.1, 0.15) is 0 Å². The lowest BCUT2D eigenvalue weighted by atomic mass is 10.1. The lowest BCUT2D eigenvalue weighted by Gasteiger charge is -2.06. The van der Waals surface area contributed by atoms with Gasteiger partial charge < -0.3 is 10.4 Å². The third-order valence-corrected chi connectivity index (χ3v) is 3.80. The number of nitrogens with one attached hydrogen (secondary N) is 1. The number of carbonyl (C=O) groups is 2. The van der Waals surface area contributed by atoms with Crippen molar-refractivity contribution >= 4 is 17.6 Å². The molecular formula is C21H12F3N3O3. The molecule has 2 aromatic carbocycles. The van der Waals surface area contributed by atoms with Gasteiger partial charge in [0.2, 0.25) is 0 Å². The fraction of sp³-hybridized carbons (Fsp3) is 0.0476. The average Bonchev–Trinajstić information content (AvgIpc) is 2.73. The number of benzene rings is 2. The predicted molar refractivity (Wildman–Crippen MR) is 101 cm³/mol. The number of hydrogen-bond donors (Lipinski definition) is 2. The van der Waals surface area contributed by atoms with Crippen molar-refractivity contribution in [1.29, 1.82) is 0 Å². The maximum atomic E-state index is 12.7. The molecule has 9 heteroatoms. The van der Waals surface area contributed by atoms with E-state index in [1.165, 1.54) is 30.5 Å². The van der Waals surface area contributed by atoms with Crippen LogP contribution in [-0.4, -0.2) is 27.0 Å². The van der Waals surface area contributed by atoms with Gasteiger partial charge in [0.05, 0.1) is 5.56 Å². The largest absolute Gasteiger partial charge is 0.476 e. The highest BCUT2D eigenvalue weighted by atomic mass is 19.4. The molecule has 0 unspecified atom stereocenters. The van der Waals surface area contributed by atoms with E-state index in [9.17, 15) is 22.8 Å². The molecule has 1 heterocycles. The number of hydrogen-bond acceptors (Lipinski definition) is 4. The summed E-state index contributed by atoms with van der Waals surface area (Å²) in [4.78, 5) is 30.7. The van der Waals surface area contributed by atoms with Gasteiger partial charge in [0.15, 0.2) is 11.4 Å². The zero-order chi connectivity index (χ0) is 21.7. The second kappa shape index (κ2) is 8.45. The number of rotatable bonds is 3. The summed E-state index contributed by atoms with van der Waals surface area (Å²) in [5.41, 5.74) is -0.511. The third kappa shape index (κ3) is 4.99. The van der Waals surface area contributed by atoms with E-state index in [4.69, 9.17) is 5.11 Å². The molecule has 0 aliphatic heterocycles. The molecule has 0 saturated carbocycles. The summed E-state index contributed by atoms with van der Waals surface area (Å²) in [6.07, 6.45) is -2.08. The molecular weight excluding hydrogens is 399 g/mol. The molecule has 30 heavy (non-hydrogen) atoms. The van der Waals surface area contributed by atoms with Crippen LogP contribution in [0.15, 0.2) is 60.9 Å². The molecule has 2 N–H and O–H groups in total. The number of halogens is 3. The maximum absolute atomic E-state index is 12.7. The van der Waals surface area contributed by atoms with Gasteiger partial charge in [0.25, 0.3) is 5.91 Å². The Hall–Kier alpha value is -4.19. The van der Waals surface area contributed by atoms with Crippen molar-refractivity contribution in [2.24, 2.45) is 0 Å². The number of carbonyl (C=O) groups excluding carboxylic acids is 1. The van der Waals surface area contributed by atoms with Crippen LogP contribution in [0.1, 0.15) is 37.7 Å². The van der Waals surface area contributed by atoms with Crippen molar-refractivity contribution in [3.63, 3.8) is 0 Å². The second-order valence-electron chi connectivity index (χ2n) is 5.92. The van der Waals surface area contributed by atoms with Gasteiger partial charge in [-0.05, 0) is 42.5 Å². The Bertz CT molecular complexity index is 1160. The van der Waals surface area contributed by atoms with E-state index < -0.39 is 29.3 Å². The fourth-order valence-corrected chi connectivity index (χ4v) is 2.41. The molecule has 0 radical (unpaired) electrons. The quantitative estimate of drug-likeness (QED) is 0.639. The molecule has 0 aliphatic rings. The Kier molecular flexibility index (Phi) is 5.78. The minimum atomic E-state index is -4.44. The number of alkyl halides is 3. The monoisotopic (exact) mass is 411 g/mol. The van der Waals surface area contributed by atoms with Gasteiger partial charge in [-0.2, -0.15) is 13.2 Å². The predicted octanol–water partition coefficient (Wildman–Crippen LogP) is 3.85. The first-order chi connectivity index (χ1) is 14.2. The summed E-state index contributed by atoms with van der Waals surface area (Å²) in [7, 11) is 0. The Balaban J connectivity index is 1.73. The molecule has 3 aromatic rings. The summed E-state index contributed by atoms with van der Waals surface area (Å²) < 4.78 is 38.2. The number of anilines is 1. The first kappa shape index (κ1) is 20.5. The van der Waals surface area contributed by atoms with Crippen LogP contribution in [0.5, 0.6) is 0 Å². The van der Waals surface area contributed by atoms with Crippen LogP contribution in [0.2, 0.25) is 0 Å². The highest BCUT2D eigenvalue weighted by Crippen LogP contribution is 2.29. The molecule has 0 spiro atoms. The van der Waals surface area contributed by atoms with Crippen molar-refractivity contribution in [3.8, 4) is 11.8 Å². The third-order valence-electron chi connectivity index (χ3n) is 3.80. The Morgan fingerprint density at radius 2 is 1.53 bits per heavy atom. The number of carboxylic acid groups (broad SMARTS) is 1. The van der Waals surface area contributed by atoms with Crippen LogP contribution in [0.25, 0.3) is 0 Å². The molecule has 0 atom stereocenters. The molecule has 0 saturated heterocycles. The van der Waals surface area contributed by atoms with Gasteiger partial charge in [0, 0.05) is 29.2 Å². The summed E-state index contributed by atoms with van der Waals surface area (Å²) in [6, 6.07) is 10.8. The van der Waals surface area contributed by atoms with E-state index in [1.807, 2.05) is 0 Å².